The van der Waals surface area contributed by atoms with Crippen LogP contribution in [-0.2, 0) is 27.3 Å². The molecule has 9 nitrogen and oxygen atoms in total. The maximum Gasteiger partial charge on any atom is 0.416 e. The van der Waals surface area contributed by atoms with E-state index in [1.165, 1.54) is 61.5 Å². The van der Waals surface area contributed by atoms with Crippen LogP contribution in [0.25, 0.3) is 22.2 Å². The Hall–Kier alpha value is -4.25. The smallest absolute Gasteiger partial charge is 0.416 e. The van der Waals surface area contributed by atoms with E-state index in [2.05, 4.69) is 10.2 Å². The highest BCUT2D eigenvalue weighted by Crippen LogP contribution is 2.41. The van der Waals surface area contributed by atoms with Crippen LogP contribution in [-0.4, -0.2) is 92.6 Å². The molecule has 2 fully saturated rings. The van der Waals surface area contributed by atoms with Crippen molar-refractivity contribution in [1.82, 2.24) is 20.1 Å². The molecule has 302 valence electrons. The Bertz CT molecular complexity index is 2130. The summed E-state index contributed by atoms with van der Waals surface area (Å²) in [5.74, 6) is -1.75. The Morgan fingerprint density at radius 1 is 0.946 bits per heavy atom. The van der Waals surface area contributed by atoms with Crippen molar-refractivity contribution in [2.24, 2.45) is 0 Å². The highest BCUT2D eigenvalue weighted by atomic mass is 32.2. The molecule has 1 amide bonds. The van der Waals surface area contributed by atoms with E-state index in [9.17, 15) is 39.6 Å². The number of piperidine rings is 1. The van der Waals surface area contributed by atoms with Crippen LogP contribution in [0.4, 0.5) is 26.3 Å². The summed E-state index contributed by atoms with van der Waals surface area (Å²) in [5, 5.41) is 2.06. The molecule has 3 aromatic carbocycles. The van der Waals surface area contributed by atoms with Crippen molar-refractivity contribution in [3.8, 4) is 17.0 Å². The van der Waals surface area contributed by atoms with Gasteiger partial charge in [-0.25, -0.2) is 13.4 Å². The minimum absolute atomic E-state index is 0.0607. The Morgan fingerprint density at radius 2 is 1.62 bits per heavy atom. The van der Waals surface area contributed by atoms with Crippen LogP contribution in [0.1, 0.15) is 66.7 Å². The average Bonchev–Trinajstić information content (AvgIpc) is 3.16. The van der Waals surface area contributed by atoms with Crippen LogP contribution in [0.15, 0.2) is 71.6 Å². The fraction of sp³-hybridized carbons (Fsp3) is 0.450. The molecule has 0 saturated carbocycles. The minimum Gasteiger partial charge on any atom is -0.490 e. The van der Waals surface area contributed by atoms with Gasteiger partial charge >= 0.3 is 12.4 Å². The second-order valence-electron chi connectivity index (χ2n) is 14.3. The van der Waals surface area contributed by atoms with E-state index in [0.29, 0.717) is 26.3 Å². The van der Waals surface area contributed by atoms with E-state index in [4.69, 9.17) is 14.5 Å². The first-order valence-electron chi connectivity index (χ1n) is 18.5. The molecular formula is C40H44F6N4O5S. The molecule has 56 heavy (non-hydrogen) atoms. The lowest BCUT2D eigenvalue weighted by Gasteiger charge is -2.40. The molecule has 1 aromatic heterocycles. The fourth-order valence-electron chi connectivity index (χ4n) is 7.42. The van der Waals surface area contributed by atoms with Gasteiger partial charge in [-0.05, 0) is 69.6 Å². The first-order chi connectivity index (χ1) is 26.5. The van der Waals surface area contributed by atoms with E-state index < -0.39 is 56.5 Å². The average molecular weight is 807 g/mol. The number of amides is 1. The lowest BCUT2D eigenvalue weighted by Crippen LogP contribution is -2.48. The molecule has 3 heterocycles. The highest BCUT2D eigenvalue weighted by Gasteiger charge is 2.43. The highest BCUT2D eigenvalue weighted by molar-refractivity contribution is 7.91. The molecule has 2 saturated heterocycles. The molecule has 0 spiro atoms. The summed E-state index contributed by atoms with van der Waals surface area (Å²) in [5.41, 5.74) is -2.11. The Labute approximate surface area is 321 Å². The maximum atomic E-state index is 14.8. The summed E-state index contributed by atoms with van der Waals surface area (Å²) < 4.78 is 126. The third kappa shape index (κ3) is 9.14. The van der Waals surface area contributed by atoms with E-state index in [-0.39, 0.29) is 57.2 Å². The SMILES string of the molecule is CCS(=O)(=O)c1c(OC(C)C)ccc2c(C(=O)N[C@H](c3ccccc3)C(F)(F)F)c(CN3CCC(N4CCOCC4)CC3)c(-c3cccc(C(F)(F)F)c3)nc12. The number of halogens is 6. The van der Waals surface area contributed by atoms with Gasteiger partial charge in [0.25, 0.3) is 5.91 Å². The van der Waals surface area contributed by atoms with Crippen LogP contribution in [0.2, 0.25) is 0 Å². The largest absolute Gasteiger partial charge is 0.490 e. The molecule has 16 heteroatoms. The fourth-order valence-corrected chi connectivity index (χ4v) is 8.59. The van der Waals surface area contributed by atoms with Crippen molar-refractivity contribution >= 4 is 26.6 Å². The molecule has 1 atom stereocenters. The zero-order chi connectivity index (χ0) is 40.4. The molecule has 4 aromatic rings. The van der Waals surface area contributed by atoms with Crippen molar-refractivity contribution in [2.75, 3.05) is 45.1 Å². The molecule has 0 aliphatic carbocycles. The van der Waals surface area contributed by atoms with Gasteiger partial charge in [-0.2, -0.15) is 26.3 Å². The number of fused-ring (bicyclic) bond motifs is 1. The number of nitrogens with zero attached hydrogens (tertiary/aromatic N) is 3. The number of ether oxygens (including phenoxy) is 2. The maximum absolute atomic E-state index is 14.8. The quantitative estimate of drug-likeness (QED) is 0.153. The third-order valence-electron chi connectivity index (χ3n) is 10.2. The summed E-state index contributed by atoms with van der Waals surface area (Å²) in [6, 6.07) is 11.5. The van der Waals surface area contributed by atoms with Crippen molar-refractivity contribution < 1.29 is 49.0 Å². The molecule has 0 radical (unpaired) electrons. The number of hydrogen-bond donors (Lipinski definition) is 1. The summed E-state index contributed by atoms with van der Waals surface area (Å²) >= 11 is 0. The Morgan fingerprint density at radius 3 is 2.23 bits per heavy atom. The van der Waals surface area contributed by atoms with Gasteiger partial charge in [-0.1, -0.05) is 49.4 Å². The van der Waals surface area contributed by atoms with Gasteiger partial charge in [0.2, 0.25) is 0 Å². The lowest BCUT2D eigenvalue weighted by atomic mass is 9.93. The van der Waals surface area contributed by atoms with E-state index in [0.717, 1.165) is 38.1 Å². The number of carbonyl (C=O) groups excluding carboxylic acids is 1. The second-order valence-corrected chi connectivity index (χ2v) is 16.5. The molecule has 1 N–H and O–H groups in total. The van der Waals surface area contributed by atoms with Crippen LogP contribution < -0.4 is 10.1 Å². The topological polar surface area (TPSA) is 101 Å². The number of likely N-dealkylation sites (tertiary alicyclic amines) is 1. The predicted octanol–water partition coefficient (Wildman–Crippen LogP) is 7.83. The van der Waals surface area contributed by atoms with Crippen molar-refractivity contribution in [3.63, 3.8) is 0 Å². The molecular weight excluding hydrogens is 763 g/mol. The number of morpholine rings is 1. The van der Waals surface area contributed by atoms with Crippen LogP contribution in [0, 0.1) is 0 Å². The molecule has 2 aliphatic heterocycles. The van der Waals surface area contributed by atoms with E-state index in [1.807, 2.05) is 4.90 Å². The Kier molecular flexibility index (Phi) is 12.3. The van der Waals surface area contributed by atoms with Gasteiger partial charge in [-0.15, -0.1) is 0 Å². The molecule has 0 bridgehead atoms. The lowest BCUT2D eigenvalue weighted by molar-refractivity contribution is -0.155. The number of benzene rings is 3. The van der Waals surface area contributed by atoms with E-state index in [1.54, 1.807) is 13.8 Å². The second kappa shape index (κ2) is 16.7. The number of pyridine rings is 1. The number of hydrogen-bond acceptors (Lipinski definition) is 8. The summed E-state index contributed by atoms with van der Waals surface area (Å²) in [4.78, 5) is 23.4. The van der Waals surface area contributed by atoms with Gasteiger partial charge in [0, 0.05) is 42.2 Å². The van der Waals surface area contributed by atoms with Crippen LogP contribution in [0.3, 0.4) is 0 Å². The number of aromatic nitrogens is 1. The minimum atomic E-state index is -4.96. The number of sulfone groups is 1. The van der Waals surface area contributed by atoms with Gasteiger partial charge in [0.1, 0.15) is 10.6 Å². The normalized spacial score (nSPS) is 17.3. The first-order valence-corrected chi connectivity index (χ1v) is 20.2. The molecule has 0 unspecified atom stereocenters. The van der Waals surface area contributed by atoms with Crippen molar-refractivity contribution in [2.45, 2.75) is 75.6 Å². The predicted molar refractivity (Wildman–Crippen MR) is 199 cm³/mol. The van der Waals surface area contributed by atoms with Gasteiger partial charge < -0.3 is 14.8 Å². The van der Waals surface area contributed by atoms with Crippen LogP contribution >= 0.6 is 0 Å². The van der Waals surface area contributed by atoms with E-state index >= 15 is 0 Å². The monoisotopic (exact) mass is 806 g/mol. The van der Waals surface area contributed by atoms with Gasteiger partial charge in [-0.3, -0.25) is 14.6 Å². The molecule has 2 aliphatic rings. The number of rotatable bonds is 11. The number of alkyl halides is 6. The van der Waals surface area contributed by atoms with Gasteiger partial charge in [0.05, 0.1) is 47.4 Å². The first kappa shape index (κ1) is 41.4. The van der Waals surface area contributed by atoms with Crippen LogP contribution in [0.5, 0.6) is 5.75 Å². The van der Waals surface area contributed by atoms with Gasteiger partial charge in [0.15, 0.2) is 15.9 Å². The summed E-state index contributed by atoms with van der Waals surface area (Å²) in [7, 11) is -4.22. The zero-order valence-electron chi connectivity index (χ0n) is 31.2. The number of nitrogens with one attached hydrogen (secondary N) is 1. The third-order valence-corrected chi connectivity index (χ3v) is 11.9. The van der Waals surface area contributed by atoms with Crippen molar-refractivity contribution in [3.05, 3.63) is 89.0 Å². The standard InChI is InChI=1S/C40H44F6N4O5S/c1-4-56(52,53)36-32(55-25(2)3)14-13-30-33(38(51)48-37(40(44,45)46)26-9-6-5-7-10-26)31(24-49-17-15-29(16-18-49)50-19-21-54-22-20-50)34(47-35(30)36)27-11-8-12-28(23-27)39(41,42)43/h5-14,23,25,29,37H,4,15-22,24H2,1-3H3,(H,48,51)/t37-/m1/s1. The number of carbonyl (C=O) groups is 1. The molecule has 6 rings (SSSR count). The van der Waals surface area contributed by atoms with Crippen molar-refractivity contribution in [1.29, 1.82) is 0 Å². The summed E-state index contributed by atoms with van der Waals surface area (Å²) in [6.45, 7) is 8.44. The summed E-state index contributed by atoms with van der Waals surface area (Å²) in [6.07, 6.45) is -8.82. The Balaban J connectivity index is 1.61. The zero-order valence-corrected chi connectivity index (χ0v) is 32.0.